The van der Waals surface area contributed by atoms with E-state index in [-0.39, 0.29) is 18.8 Å². The highest BCUT2D eigenvalue weighted by Gasteiger charge is 2.07. The zero-order valence-corrected chi connectivity index (χ0v) is 10.9. The molecular weight excluding hydrogens is 218 g/mol. The van der Waals surface area contributed by atoms with Crippen LogP contribution < -0.4 is 10.1 Å². The third kappa shape index (κ3) is 4.99. The van der Waals surface area contributed by atoms with Crippen molar-refractivity contribution in [2.45, 2.75) is 46.3 Å². The predicted molar refractivity (Wildman–Crippen MR) is 67.3 cm³/mol. The van der Waals surface area contributed by atoms with Gasteiger partial charge in [0.05, 0.1) is 6.10 Å². The molecule has 1 rings (SSSR count). The summed E-state index contributed by atoms with van der Waals surface area (Å²) in [4.78, 5) is 8.55. The molecule has 0 amide bonds. The van der Waals surface area contributed by atoms with Crippen LogP contribution >= 0.6 is 0 Å². The average molecular weight is 239 g/mol. The van der Waals surface area contributed by atoms with Gasteiger partial charge < -0.3 is 15.2 Å². The Hall–Kier alpha value is -1.36. The van der Waals surface area contributed by atoms with Crippen LogP contribution in [0.15, 0.2) is 6.07 Å². The van der Waals surface area contributed by atoms with E-state index >= 15 is 0 Å². The molecule has 0 aromatic carbocycles. The molecule has 0 fully saturated rings. The van der Waals surface area contributed by atoms with Crippen LogP contribution in [-0.4, -0.2) is 33.8 Å². The molecule has 0 saturated carbocycles. The number of anilines is 1. The standard InChI is InChI=1S/C12H21N3O2/c1-8(2)17-11-7-10(4)14-12(15-11)13-9(3)5-6-16/h7-9,16H,5-6H2,1-4H3,(H,13,14,15). The molecule has 0 saturated heterocycles. The van der Waals surface area contributed by atoms with Gasteiger partial charge in [0, 0.05) is 24.4 Å². The lowest BCUT2D eigenvalue weighted by Gasteiger charge is -2.14. The Morgan fingerprint density at radius 3 is 2.65 bits per heavy atom. The van der Waals surface area contributed by atoms with E-state index < -0.39 is 0 Å². The van der Waals surface area contributed by atoms with E-state index in [1.807, 2.05) is 33.8 Å². The molecule has 2 N–H and O–H groups in total. The summed E-state index contributed by atoms with van der Waals surface area (Å²) in [6.07, 6.45) is 0.754. The number of nitrogens with one attached hydrogen (secondary N) is 1. The van der Waals surface area contributed by atoms with E-state index in [4.69, 9.17) is 9.84 Å². The van der Waals surface area contributed by atoms with E-state index in [2.05, 4.69) is 15.3 Å². The number of ether oxygens (including phenoxy) is 1. The average Bonchev–Trinajstić information content (AvgIpc) is 2.14. The lowest BCUT2D eigenvalue weighted by atomic mass is 10.2. The van der Waals surface area contributed by atoms with Crippen LogP contribution in [0.1, 0.15) is 32.9 Å². The van der Waals surface area contributed by atoms with E-state index in [0.717, 1.165) is 5.69 Å². The summed E-state index contributed by atoms with van der Waals surface area (Å²) in [6, 6.07) is 1.94. The number of hydrogen-bond donors (Lipinski definition) is 2. The fourth-order valence-corrected chi connectivity index (χ4v) is 1.39. The van der Waals surface area contributed by atoms with Crippen molar-refractivity contribution in [1.29, 1.82) is 0 Å². The quantitative estimate of drug-likeness (QED) is 0.791. The first-order valence-electron chi connectivity index (χ1n) is 5.91. The maximum Gasteiger partial charge on any atom is 0.226 e. The van der Waals surface area contributed by atoms with E-state index in [1.165, 1.54) is 0 Å². The molecular formula is C12H21N3O2. The monoisotopic (exact) mass is 239 g/mol. The third-order valence-electron chi connectivity index (χ3n) is 2.12. The second-order valence-electron chi connectivity index (χ2n) is 4.40. The molecule has 96 valence electrons. The van der Waals surface area contributed by atoms with Crippen LogP contribution in [0.25, 0.3) is 0 Å². The molecule has 1 aromatic heterocycles. The lowest BCUT2D eigenvalue weighted by Crippen LogP contribution is -2.19. The molecule has 0 aliphatic rings. The third-order valence-corrected chi connectivity index (χ3v) is 2.12. The fraction of sp³-hybridized carbons (Fsp3) is 0.667. The zero-order chi connectivity index (χ0) is 12.8. The Kier molecular flexibility index (Phi) is 5.15. The predicted octanol–water partition coefficient (Wildman–Crippen LogP) is 1.76. The topological polar surface area (TPSA) is 67.3 Å². The van der Waals surface area contributed by atoms with Crippen LogP contribution in [0.4, 0.5) is 5.95 Å². The summed E-state index contributed by atoms with van der Waals surface area (Å²) in [6.45, 7) is 7.94. The Morgan fingerprint density at radius 2 is 2.06 bits per heavy atom. The van der Waals surface area contributed by atoms with Gasteiger partial charge in [-0.25, -0.2) is 4.98 Å². The first-order chi connectivity index (χ1) is 8.01. The SMILES string of the molecule is Cc1cc(OC(C)C)nc(NC(C)CCO)n1. The van der Waals surface area contributed by atoms with Crippen molar-refractivity contribution in [1.82, 2.24) is 9.97 Å². The highest BCUT2D eigenvalue weighted by Crippen LogP contribution is 2.14. The number of rotatable bonds is 6. The largest absolute Gasteiger partial charge is 0.475 e. The van der Waals surface area contributed by atoms with E-state index in [0.29, 0.717) is 18.2 Å². The van der Waals surface area contributed by atoms with Gasteiger partial charge in [0.2, 0.25) is 11.8 Å². The molecule has 0 radical (unpaired) electrons. The molecule has 0 spiro atoms. The summed E-state index contributed by atoms with van der Waals surface area (Å²) in [5.41, 5.74) is 0.856. The number of nitrogens with zero attached hydrogens (tertiary/aromatic N) is 2. The van der Waals surface area contributed by atoms with Crippen molar-refractivity contribution >= 4 is 5.95 Å². The van der Waals surface area contributed by atoms with Crippen molar-refractivity contribution in [2.24, 2.45) is 0 Å². The minimum Gasteiger partial charge on any atom is -0.475 e. The van der Waals surface area contributed by atoms with Gasteiger partial charge in [0.15, 0.2) is 0 Å². The normalized spacial score (nSPS) is 12.6. The maximum absolute atomic E-state index is 8.84. The zero-order valence-electron chi connectivity index (χ0n) is 10.9. The van der Waals surface area contributed by atoms with Crippen LogP contribution in [0.2, 0.25) is 0 Å². The first-order valence-corrected chi connectivity index (χ1v) is 5.91. The summed E-state index contributed by atoms with van der Waals surface area (Å²) in [5, 5.41) is 12.0. The van der Waals surface area contributed by atoms with Crippen LogP contribution in [0.3, 0.4) is 0 Å². The molecule has 5 heteroatoms. The molecule has 0 aliphatic carbocycles. The molecule has 1 heterocycles. The van der Waals surface area contributed by atoms with Crippen LogP contribution in [0.5, 0.6) is 5.88 Å². The molecule has 0 aliphatic heterocycles. The van der Waals surface area contributed by atoms with Gasteiger partial charge in [-0.1, -0.05) is 0 Å². The van der Waals surface area contributed by atoms with Crippen LogP contribution in [0, 0.1) is 6.92 Å². The Labute approximate surface area is 102 Å². The van der Waals surface area contributed by atoms with Gasteiger partial charge >= 0.3 is 0 Å². The summed E-state index contributed by atoms with van der Waals surface area (Å²) in [5.74, 6) is 1.12. The minimum absolute atomic E-state index is 0.0898. The summed E-state index contributed by atoms with van der Waals surface area (Å²) < 4.78 is 5.54. The molecule has 17 heavy (non-hydrogen) atoms. The molecule has 0 bridgehead atoms. The number of aliphatic hydroxyl groups is 1. The van der Waals surface area contributed by atoms with Crippen molar-refractivity contribution in [2.75, 3.05) is 11.9 Å². The second kappa shape index (κ2) is 6.39. The van der Waals surface area contributed by atoms with Crippen molar-refractivity contribution < 1.29 is 9.84 Å². The van der Waals surface area contributed by atoms with Gasteiger partial charge in [-0.3, -0.25) is 0 Å². The number of aliphatic hydroxyl groups excluding tert-OH is 1. The lowest BCUT2D eigenvalue weighted by molar-refractivity contribution is 0.232. The molecule has 5 nitrogen and oxygen atoms in total. The van der Waals surface area contributed by atoms with Crippen molar-refractivity contribution in [3.63, 3.8) is 0 Å². The van der Waals surface area contributed by atoms with E-state index in [1.54, 1.807) is 0 Å². The highest BCUT2D eigenvalue weighted by atomic mass is 16.5. The van der Waals surface area contributed by atoms with Gasteiger partial charge in [-0.15, -0.1) is 0 Å². The molecule has 1 atom stereocenters. The molecule has 1 unspecified atom stereocenters. The van der Waals surface area contributed by atoms with Gasteiger partial charge in [0.1, 0.15) is 0 Å². The summed E-state index contributed by atoms with van der Waals surface area (Å²) in [7, 11) is 0. The number of aryl methyl sites for hydroxylation is 1. The Bertz CT molecular complexity index is 356. The van der Waals surface area contributed by atoms with Crippen molar-refractivity contribution in [3.8, 4) is 5.88 Å². The van der Waals surface area contributed by atoms with Crippen molar-refractivity contribution in [3.05, 3.63) is 11.8 Å². The smallest absolute Gasteiger partial charge is 0.226 e. The highest BCUT2D eigenvalue weighted by molar-refractivity contribution is 5.31. The number of aromatic nitrogens is 2. The van der Waals surface area contributed by atoms with Gasteiger partial charge in [-0.05, 0) is 34.1 Å². The van der Waals surface area contributed by atoms with Gasteiger partial charge in [0.25, 0.3) is 0 Å². The number of hydrogen-bond acceptors (Lipinski definition) is 5. The minimum atomic E-state index is 0.0898. The Balaban J connectivity index is 2.74. The van der Waals surface area contributed by atoms with E-state index in [9.17, 15) is 0 Å². The maximum atomic E-state index is 8.84. The second-order valence-corrected chi connectivity index (χ2v) is 4.40. The van der Waals surface area contributed by atoms with Crippen LogP contribution in [-0.2, 0) is 0 Å². The fourth-order valence-electron chi connectivity index (χ4n) is 1.39. The summed E-state index contributed by atoms with van der Waals surface area (Å²) >= 11 is 0. The Morgan fingerprint density at radius 1 is 1.35 bits per heavy atom. The molecule has 1 aromatic rings. The van der Waals surface area contributed by atoms with Gasteiger partial charge in [-0.2, -0.15) is 4.98 Å². The first kappa shape index (κ1) is 13.7.